The molecule has 0 radical (unpaired) electrons. The van der Waals surface area contributed by atoms with E-state index in [4.69, 9.17) is 5.73 Å². The third-order valence-electron chi connectivity index (χ3n) is 2.43. The number of nitrogens with two attached hydrogens (primary N) is 1. The molecule has 2 unspecified atom stereocenters. The van der Waals surface area contributed by atoms with Gasteiger partial charge in [-0.25, -0.2) is 0 Å². The second-order valence-electron chi connectivity index (χ2n) is 3.97. The molecule has 0 aromatic carbocycles. The van der Waals surface area contributed by atoms with Gasteiger partial charge in [-0.15, -0.1) is 0 Å². The molecule has 2 nitrogen and oxygen atoms in total. The first-order chi connectivity index (χ1) is 6.20. The van der Waals surface area contributed by atoms with Crippen LogP contribution in [-0.4, -0.2) is 18.6 Å². The molecular formula is C11H26N2. The van der Waals surface area contributed by atoms with Crippen molar-refractivity contribution in [2.45, 2.75) is 65.0 Å². The Morgan fingerprint density at radius 2 is 1.92 bits per heavy atom. The van der Waals surface area contributed by atoms with Crippen LogP contribution in [0.25, 0.3) is 0 Å². The minimum absolute atomic E-state index is 0.330. The summed E-state index contributed by atoms with van der Waals surface area (Å²) in [5, 5.41) is 3.56. The Morgan fingerprint density at radius 1 is 1.23 bits per heavy atom. The smallest absolute Gasteiger partial charge is 0.00644 e. The van der Waals surface area contributed by atoms with Crippen molar-refractivity contribution in [2.75, 3.05) is 6.54 Å². The van der Waals surface area contributed by atoms with Crippen LogP contribution >= 0.6 is 0 Å². The number of nitrogens with one attached hydrogen (secondary N) is 1. The van der Waals surface area contributed by atoms with Gasteiger partial charge in [-0.3, -0.25) is 0 Å². The van der Waals surface area contributed by atoms with Crippen molar-refractivity contribution in [3.63, 3.8) is 0 Å². The molecule has 0 heterocycles. The van der Waals surface area contributed by atoms with Gasteiger partial charge >= 0.3 is 0 Å². The first kappa shape index (κ1) is 12.9. The van der Waals surface area contributed by atoms with Crippen LogP contribution in [0, 0.1) is 0 Å². The molecule has 0 aliphatic heterocycles. The number of unbranched alkanes of at least 4 members (excludes halogenated alkanes) is 1. The number of rotatable bonds is 8. The fourth-order valence-electron chi connectivity index (χ4n) is 1.42. The van der Waals surface area contributed by atoms with E-state index in [-0.39, 0.29) is 0 Å². The zero-order valence-electron chi connectivity index (χ0n) is 9.47. The maximum Gasteiger partial charge on any atom is 0.00644 e. The van der Waals surface area contributed by atoms with E-state index < -0.39 is 0 Å². The van der Waals surface area contributed by atoms with Gasteiger partial charge in [0.1, 0.15) is 0 Å². The van der Waals surface area contributed by atoms with E-state index in [1.165, 1.54) is 25.7 Å². The van der Waals surface area contributed by atoms with Crippen molar-refractivity contribution >= 4 is 0 Å². The minimum atomic E-state index is 0.330. The molecule has 3 N–H and O–H groups in total. The van der Waals surface area contributed by atoms with Gasteiger partial charge < -0.3 is 11.1 Å². The quantitative estimate of drug-likeness (QED) is 0.610. The molecule has 0 saturated heterocycles. The molecule has 13 heavy (non-hydrogen) atoms. The second kappa shape index (κ2) is 8.52. The molecule has 2 heteroatoms. The van der Waals surface area contributed by atoms with Gasteiger partial charge in [0, 0.05) is 12.1 Å². The van der Waals surface area contributed by atoms with Crippen molar-refractivity contribution in [3.8, 4) is 0 Å². The fourth-order valence-corrected chi connectivity index (χ4v) is 1.42. The van der Waals surface area contributed by atoms with E-state index >= 15 is 0 Å². The monoisotopic (exact) mass is 186 g/mol. The Kier molecular flexibility index (Phi) is 8.46. The summed E-state index contributed by atoms with van der Waals surface area (Å²) in [6.45, 7) is 7.63. The van der Waals surface area contributed by atoms with Gasteiger partial charge in [-0.2, -0.15) is 0 Å². The zero-order chi connectivity index (χ0) is 10.1. The van der Waals surface area contributed by atoms with E-state index in [9.17, 15) is 0 Å². The summed E-state index contributed by atoms with van der Waals surface area (Å²) in [6, 6.07) is 1.04. The van der Waals surface area contributed by atoms with Crippen LogP contribution in [0.4, 0.5) is 0 Å². The molecule has 0 aromatic heterocycles. The van der Waals surface area contributed by atoms with Gasteiger partial charge in [0.25, 0.3) is 0 Å². The van der Waals surface area contributed by atoms with Crippen LogP contribution < -0.4 is 11.1 Å². The molecule has 0 amide bonds. The first-order valence-electron chi connectivity index (χ1n) is 5.69. The van der Waals surface area contributed by atoms with Crippen LogP contribution in [-0.2, 0) is 0 Å². The third kappa shape index (κ3) is 8.26. The molecular weight excluding hydrogens is 160 g/mol. The molecule has 80 valence electrons. The standard InChI is InChI=1S/C11H26N2/c1-4-6-7-11(5-2)13-9-8-10(3)12/h10-11,13H,4-9,12H2,1-3H3. The highest BCUT2D eigenvalue weighted by Crippen LogP contribution is 2.03. The topological polar surface area (TPSA) is 38.0 Å². The fraction of sp³-hybridized carbons (Fsp3) is 1.00. The van der Waals surface area contributed by atoms with E-state index in [1.807, 2.05) is 0 Å². The van der Waals surface area contributed by atoms with E-state index in [1.54, 1.807) is 0 Å². The highest BCUT2D eigenvalue weighted by molar-refractivity contribution is 4.66. The summed E-state index contributed by atoms with van der Waals surface area (Å²) >= 11 is 0. The van der Waals surface area contributed by atoms with Crippen molar-refractivity contribution in [1.29, 1.82) is 0 Å². The molecule has 0 saturated carbocycles. The lowest BCUT2D eigenvalue weighted by atomic mass is 10.1. The molecule has 0 fully saturated rings. The summed E-state index contributed by atoms with van der Waals surface area (Å²) in [5.41, 5.74) is 5.68. The molecule has 0 aliphatic carbocycles. The summed E-state index contributed by atoms with van der Waals surface area (Å²) < 4.78 is 0. The Hall–Kier alpha value is -0.0800. The predicted octanol–water partition coefficient (Wildman–Crippen LogP) is 2.28. The lowest BCUT2D eigenvalue weighted by Gasteiger charge is -2.17. The summed E-state index contributed by atoms with van der Waals surface area (Å²) in [7, 11) is 0. The average molecular weight is 186 g/mol. The average Bonchev–Trinajstić information content (AvgIpc) is 2.10. The van der Waals surface area contributed by atoms with Gasteiger partial charge in [0.15, 0.2) is 0 Å². The van der Waals surface area contributed by atoms with Crippen molar-refractivity contribution in [2.24, 2.45) is 5.73 Å². The second-order valence-corrected chi connectivity index (χ2v) is 3.97. The van der Waals surface area contributed by atoms with E-state index in [0.29, 0.717) is 12.1 Å². The lowest BCUT2D eigenvalue weighted by molar-refractivity contribution is 0.440. The summed E-state index contributed by atoms with van der Waals surface area (Å²) in [4.78, 5) is 0. The van der Waals surface area contributed by atoms with Crippen LogP contribution in [0.1, 0.15) is 52.9 Å². The number of hydrogen-bond acceptors (Lipinski definition) is 2. The molecule has 0 aliphatic rings. The van der Waals surface area contributed by atoms with Gasteiger partial charge in [0.2, 0.25) is 0 Å². The number of hydrogen-bond donors (Lipinski definition) is 2. The Labute approximate surface area is 83.3 Å². The summed E-state index contributed by atoms with van der Waals surface area (Å²) in [6.07, 6.45) is 6.27. The Balaban J connectivity index is 3.36. The van der Waals surface area contributed by atoms with Crippen LogP contribution in [0.2, 0.25) is 0 Å². The normalized spacial score (nSPS) is 15.7. The van der Waals surface area contributed by atoms with Crippen molar-refractivity contribution in [1.82, 2.24) is 5.32 Å². The molecule has 0 rings (SSSR count). The van der Waals surface area contributed by atoms with Crippen LogP contribution in [0.5, 0.6) is 0 Å². The lowest BCUT2D eigenvalue weighted by Crippen LogP contribution is -2.32. The van der Waals surface area contributed by atoms with E-state index in [2.05, 4.69) is 26.1 Å². The largest absolute Gasteiger partial charge is 0.328 e. The van der Waals surface area contributed by atoms with Gasteiger partial charge in [0.05, 0.1) is 0 Å². The zero-order valence-corrected chi connectivity index (χ0v) is 9.47. The van der Waals surface area contributed by atoms with Crippen molar-refractivity contribution < 1.29 is 0 Å². The first-order valence-corrected chi connectivity index (χ1v) is 5.69. The maximum absolute atomic E-state index is 5.68. The van der Waals surface area contributed by atoms with E-state index in [0.717, 1.165) is 13.0 Å². The SMILES string of the molecule is CCCCC(CC)NCCC(C)N. The van der Waals surface area contributed by atoms with Crippen LogP contribution in [0.15, 0.2) is 0 Å². The van der Waals surface area contributed by atoms with Gasteiger partial charge in [-0.05, 0) is 32.7 Å². The Bertz CT molecular complexity index is 102. The third-order valence-corrected chi connectivity index (χ3v) is 2.43. The highest BCUT2D eigenvalue weighted by atomic mass is 14.9. The van der Waals surface area contributed by atoms with Crippen LogP contribution in [0.3, 0.4) is 0 Å². The Morgan fingerprint density at radius 3 is 2.38 bits per heavy atom. The van der Waals surface area contributed by atoms with Crippen molar-refractivity contribution in [3.05, 3.63) is 0 Å². The predicted molar refractivity (Wildman–Crippen MR) is 59.9 cm³/mol. The molecule has 0 aromatic rings. The summed E-state index contributed by atoms with van der Waals surface area (Å²) in [5.74, 6) is 0. The maximum atomic E-state index is 5.68. The molecule has 0 spiro atoms. The highest BCUT2D eigenvalue weighted by Gasteiger charge is 2.04. The molecule has 2 atom stereocenters. The minimum Gasteiger partial charge on any atom is -0.328 e. The molecule has 0 bridgehead atoms. The van der Waals surface area contributed by atoms with Gasteiger partial charge in [-0.1, -0.05) is 26.7 Å².